The van der Waals surface area contributed by atoms with Crippen LogP contribution in [-0.2, 0) is 10.2 Å². The van der Waals surface area contributed by atoms with Crippen LogP contribution in [0.15, 0.2) is 47.8 Å². The van der Waals surface area contributed by atoms with Gasteiger partial charge >= 0.3 is 0 Å². The van der Waals surface area contributed by atoms with Crippen LogP contribution < -0.4 is 35.5 Å². The molecule has 0 aliphatic carbocycles. The summed E-state index contributed by atoms with van der Waals surface area (Å²) in [5.41, 5.74) is 9.52. The lowest BCUT2D eigenvalue weighted by molar-refractivity contribution is -0.113. The van der Waals surface area contributed by atoms with Crippen molar-refractivity contribution < 1.29 is 19.0 Å². The predicted molar refractivity (Wildman–Crippen MR) is 159 cm³/mol. The molecule has 0 bridgehead atoms. The zero-order valence-electron chi connectivity index (χ0n) is 24.1. The molecule has 9 heteroatoms. The Hall–Kier alpha value is -3.10. The normalized spacial score (nSPS) is 13.4. The molecule has 1 aliphatic rings. The number of allylic oxidation sites excluding steroid dienone is 1. The number of hydrazine groups is 2. The Labute approximate surface area is 238 Å². The van der Waals surface area contributed by atoms with E-state index in [0.717, 1.165) is 36.5 Å². The van der Waals surface area contributed by atoms with Crippen molar-refractivity contribution >= 4 is 28.9 Å². The van der Waals surface area contributed by atoms with Gasteiger partial charge in [-0.3, -0.25) is 15.2 Å². The van der Waals surface area contributed by atoms with Gasteiger partial charge in [0.25, 0.3) is 5.91 Å². The Morgan fingerprint density at radius 1 is 0.949 bits per heavy atom. The first kappa shape index (κ1) is 30.4. The molecule has 0 saturated carbocycles. The summed E-state index contributed by atoms with van der Waals surface area (Å²) in [6.07, 6.45) is 6.80. The van der Waals surface area contributed by atoms with Crippen LogP contribution in [-0.4, -0.2) is 32.6 Å². The maximum atomic E-state index is 13.4. The fourth-order valence-corrected chi connectivity index (χ4v) is 4.50. The average molecular weight is 559 g/mol. The lowest BCUT2D eigenvalue weighted by atomic mass is 9.86. The number of hydrogen-bond acceptors (Lipinski definition) is 7. The molecule has 0 aromatic heterocycles. The lowest BCUT2D eigenvalue weighted by Crippen LogP contribution is -2.39. The molecular formula is C30H43ClN4O4. The molecule has 1 heterocycles. The Balaban J connectivity index is 1.72. The van der Waals surface area contributed by atoms with Crippen molar-refractivity contribution in [2.75, 3.05) is 37.0 Å². The second-order valence-corrected chi connectivity index (χ2v) is 11.1. The molecule has 0 atom stereocenters. The van der Waals surface area contributed by atoms with Gasteiger partial charge in [-0.25, -0.2) is 0 Å². The summed E-state index contributed by atoms with van der Waals surface area (Å²) < 4.78 is 17.0. The summed E-state index contributed by atoms with van der Waals surface area (Å²) >= 11 is 5.75. The van der Waals surface area contributed by atoms with Gasteiger partial charge in [0.2, 0.25) is 0 Å². The molecule has 0 saturated heterocycles. The van der Waals surface area contributed by atoms with E-state index < -0.39 is 0 Å². The van der Waals surface area contributed by atoms with Crippen molar-refractivity contribution in [3.05, 3.63) is 53.4 Å². The highest BCUT2D eigenvalue weighted by molar-refractivity contribution is 6.17. The zero-order chi connectivity index (χ0) is 28.4. The van der Waals surface area contributed by atoms with Crippen molar-refractivity contribution in [1.82, 2.24) is 11.0 Å². The second kappa shape index (κ2) is 14.3. The number of halogens is 1. The zero-order valence-corrected chi connectivity index (χ0v) is 24.8. The van der Waals surface area contributed by atoms with Crippen molar-refractivity contribution in [3.63, 3.8) is 0 Å². The number of unbranched alkanes of at least 4 members (excludes halogenated alkanes) is 5. The average Bonchev–Trinajstić information content (AvgIpc) is 3.30. The number of ether oxygens (including phenoxy) is 3. The summed E-state index contributed by atoms with van der Waals surface area (Å²) in [6.45, 7) is 8.94. The van der Waals surface area contributed by atoms with Gasteiger partial charge in [-0.1, -0.05) is 46.5 Å². The van der Waals surface area contributed by atoms with Gasteiger partial charge in [0, 0.05) is 23.7 Å². The van der Waals surface area contributed by atoms with Gasteiger partial charge < -0.3 is 19.5 Å². The molecule has 8 nitrogen and oxygen atoms in total. The van der Waals surface area contributed by atoms with Crippen LogP contribution in [0.4, 0.5) is 11.4 Å². The number of amides is 1. The van der Waals surface area contributed by atoms with Crippen LogP contribution in [0.1, 0.15) is 71.8 Å². The topological polar surface area (TPSA) is 84.1 Å². The van der Waals surface area contributed by atoms with Crippen molar-refractivity contribution in [3.8, 4) is 17.2 Å². The minimum absolute atomic E-state index is 0.108. The highest BCUT2D eigenvalue weighted by Gasteiger charge is 2.27. The molecule has 2 aromatic carbocycles. The van der Waals surface area contributed by atoms with Crippen LogP contribution in [0.25, 0.3) is 0 Å². The van der Waals surface area contributed by atoms with Crippen molar-refractivity contribution in [2.45, 2.75) is 71.6 Å². The van der Waals surface area contributed by atoms with Gasteiger partial charge in [0.1, 0.15) is 28.6 Å². The molecule has 0 unspecified atom stereocenters. The SMILES string of the molecule is COc1ccc(OC)c(N2NNC(C(=O)Nc3cc(OCCCCCCCCCl)cc(C(C)(C)C)c3)=C2C)c1. The van der Waals surface area contributed by atoms with E-state index in [-0.39, 0.29) is 11.3 Å². The first-order valence-electron chi connectivity index (χ1n) is 13.6. The summed E-state index contributed by atoms with van der Waals surface area (Å²) in [4.78, 5) is 13.4. The number of nitrogens with one attached hydrogen (secondary N) is 3. The monoisotopic (exact) mass is 558 g/mol. The molecule has 3 rings (SSSR count). The van der Waals surface area contributed by atoms with Crippen LogP contribution in [0, 0.1) is 0 Å². The van der Waals surface area contributed by atoms with Crippen LogP contribution in [0.5, 0.6) is 17.2 Å². The minimum atomic E-state index is -0.265. The van der Waals surface area contributed by atoms with Gasteiger partial charge in [0.05, 0.1) is 26.5 Å². The van der Waals surface area contributed by atoms with Crippen molar-refractivity contribution in [1.29, 1.82) is 0 Å². The fraction of sp³-hybridized carbons (Fsp3) is 0.500. The summed E-state index contributed by atoms with van der Waals surface area (Å²) in [6, 6.07) is 11.4. The van der Waals surface area contributed by atoms with E-state index in [0.29, 0.717) is 40.9 Å². The summed E-state index contributed by atoms with van der Waals surface area (Å²) in [5, 5.41) is 4.80. The second-order valence-electron chi connectivity index (χ2n) is 10.7. The molecule has 0 fully saturated rings. The van der Waals surface area contributed by atoms with E-state index in [9.17, 15) is 4.79 Å². The minimum Gasteiger partial charge on any atom is -0.497 e. The van der Waals surface area contributed by atoms with E-state index in [1.165, 1.54) is 19.3 Å². The molecule has 1 amide bonds. The van der Waals surface area contributed by atoms with E-state index in [4.69, 9.17) is 25.8 Å². The third-order valence-corrected chi connectivity index (χ3v) is 6.94. The number of nitrogens with zero attached hydrogens (tertiary/aromatic N) is 1. The molecule has 214 valence electrons. The molecule has 3 N–H and O–H groups in total. The lowest BCUT2D eigenvalue weighted by Gasteiger charge is -2.22. The number of carbonyl (C=O) groups is 1. The Morgan fingerprint density at radius 2 is 1.67 bits per heavy atom. The first-order chi connectivity index (χ1) is 18.7. The number of carbonyl (C=O) groups excluding carboxylic acids is 1. The molecule has 1 aliphatic heterocycles. The summed E-state index contributed by atoms with van der Waals surface area (Å²) in [7, 11) is 3.21. The third kappa shape index (κ3) is 8.44. The highest BCUT2D eigenvalue weighted by atomic mass is 35.5. The third-order valence-electron chi connectivity index (χ3n) is 6.67. The predicted octanol–water partition coefficient (Wildman–Crippen LogP) is 6.66. The fourth-order valence-electron chi connectivity index (χ4n) is 4.31. The number of alkyl halides is 1. The van der Waals surface area contributed by atoms with Crippen LogP contribution >= 0.6 is 11.6 Å². The van der Waals surface area contributed by atoms with Crippen LogP contribution in [0.3, 0.4) is 0 Å². The molecular weight excluding hydrogens is 516 g/mol. The smallest absolute Gasteiger partial charge is 0.275 e. The Bertz CT molecular complexity index is 1150. The molecule has 39 heavy (non-hydrogen) atoms. The van der Waals surface area contributed by atoms with E-state index in [2.05, 4.69) is 43.1 Å². The highest BCUT2D eigenvalue weighted by Crippen LogP contribution is 2.35. The number of benzene rings is 2. The maximum Gasteiger partial charge on any atom is 0.275 e. The van der Waals surface area contributed by atoms with E-state index in [1.54, 1.807) is 19.2 Å². The van der Waals surface area contributed by atoms with Gasteiger partial charge in [-0.2, -0.15) is 0 Å². The van der Waals surface area contributed by atoms with E-state index in [1.807, 2.05) is 37.3 Å². The van der Waals surface area contributed by atoms with Gasteiger partial charge in [-0.05, 0) is 55.0 Å². The number of anilines is 2. The number of methoxy groups -OCH3 is 2. The Kier molecular flexibility index (Phi) is 11.2. The summed E-state index contributed by atoms with van der Waals surface area (Å²) in [5.74, 6) is 2.55. The number of rotatable bonds is 14. The molecule has 0 radical (unpaired) electrons. The van der Waals surface area contributed by atoms with Gasteiger partial charge in [-0.15, -0.1) is 17.1 Å². The van der Waals surface area contributed by atoms with Gasteiger partial charge in [0.15, 0.2) is 0 Å². The number of hydrogen-bond donors (Lipinski definition) is 3. The first-order valence-corrected chi connectivity index (χ1v) is 14.1. The standard InChI is InChI=1S/C30H43ClN4O4/c1-21-28(33-34-35(21)26-20-24(37-5)13-14-27(26)38-6)29(36)32-23-17-22(30(2,3)4)18-25(19-23)39-16-12-10-8-7-9-11-15-31/h13-14,17-20,33-34H,7-12,15-16H2,1-6H3,(H,32,36). The quantitative estimate of drug-likeness (QED) is 0.177. The van der Waals surface area contributed by atoms with Crippen molar-refractivity contribution in [2.24, 2.45) is 0 Å². The van der Waals surface area contributed by atoms with Crippen LogP contribution in [0.2, 0.25) is 0 Å². The molecule has 2 aromatic rings. The molecule has 0 spiro atoms. The Morgan fingerprint density at radius 3 is 2.33 bits per heavy atom. The van der Waals surface area contributed by atoms with E-state index >= 15 is 0 Å². The largest absolute Gasteiger partial charge is 0.497 e. The maximum absolute atomic E-state index is 13.4.